The van der Waals surface area contributed by atoms with Gasteiger partial charge in [0, 0.05) is 47.0 Å². The number of nitrogens with zero attached hydrogens (tertiary/aromatic N) is 4. The monoisotopic (exact) mass is 545 g/mol. The fourth-order valence-corrected chi connectivity index (χ4v) is 6.75. The van der Waals surface area contributed by atoms with E-state index in [1.165, 1.54) is 12.8 Å². The molecule has 5 rings (SSSR count). The van der Waals surface area contributed by atoms with Gasteiger partial charge in [-0.2, -0.15) is 4.98 Å². The minimum absolute atomic E-state index is 0.0301. The van der Waals surface area contributed by atoms with Crippen LogP contribution >= 0.6 is 23.2 Å². The molecule has 7 nitrogen and oxygen atoms in total. The number of hydrogen-bond acceptors (Lipinski definition) is 6. The molecule has 1 saturated carbocycles. The van der Waals surface area contributed by atoms with Crippen LogP contribution in [0.5, 0.6) is 0 Å². The molecule has 3 heterocycles. The van der Waals surface area contributed by atoms with Gasteiger partial charge in [-0.3, -0.25) is 4.79 Å². The lowest BCUT2D eigenvalue weighted by Gasteiger charge is -2.52. The predicted octanol–water partition coefficient (Wildman–Crippen LogP) is 5.97. The number of carboxylic acids is 1. The van der Waals surface area contributed by atoms with E-state index in [-0.39, 0.29) is 6.04 Å². The zero-order valence-corrected chi connectivity index (χ0v) is 23.6. The molecule has 2 aromatic rings. The van der Waals surface area contributed by atoms with Crippen molar-refractivity contribution in [3.63, 3.8) is 0 Å². The van der Waals surface area contributed by atoms with Gasteiger partial charge in [-0.25, -0.2) is 4.98 Å². The number of halogens is 2. The molecule has 2 N–H and O–H groups in total. The molecule has 1 aliphatic carbocycles. The van der Waals surface area contributed by atoms with Crippen LogP contribution in [0.15, 0.2) is 18.2 Å². The molecule has 3 aliphatic rings. The molecule has 37 heavy (non-hydrogen) atoms. The first-order valence-corrected chi connectivity index (χ1v) is 14.1. The summed E-state index contributed by atoms with van der Waals surface area (Å²) in [5.41, 5.74) is 2.45. The van der Waals surface area contributed by atoms with E-state index >= 15 is 0 Å². The van der Waals surface area contributed by atoms with E-state index in [0.29, 0.717) is 27.9 Å². The molecule has 1 aromatic carbocycles. The summed E-state index contributed by atoms with van der Waals surface area (Å²) in [7, 11) is 0. The Hall–Kier alpha value is -2.09. The smallest absolute Gasteiger partial charge is 0.309 e. The van der Waals surface area contributed by atoms with Crippen molar-refractivity contribution in [1.82, 2.24) is 14.9 Å². The van der Waals surface area contributed by atoms with Crippen molar-refractivity contribution in [2.75, 3.05) is 36.4 Å². The van der Waals surface area contributed by atoms with Crippen molar-refractivity contribution in [3.8, 4) is 0 Å². The van der Waals surface area contributed by atoms with Gasteiger partial charge in [-0.05, 0) is 89.5 Å². The minimum atomic E-state index is -0.653. The number of hydrogen-bond donors (Lipinski definition) is 2. The lowest BCUT2D eigenvalue weighted by atomic mass is 9.65. The first-order valence-electron chi connectivity index (χ1n) is 13.3. The van der Waals surface area contributed by atoms with E-state index in [1.807, 2.05) is 32.9 Å². The molecule has 200 valence electrons. The summed E-state index contributed by atoms with van der Waals surface area (Å²) in [5, 5.41) is 14.3. The third-order valence-corrected chi connectivity index (χ3v) is 9.48. The van der Waals surface area contributed by atoms with Crippen LogP contribution in [-0.4, -0.2) is 58.2 Å². The summed E-state index contributed by atoms with van der Waals surface area (Å²) in [6.07, 6.45) is 3.99. The molecule has 1 unspecified atom stereocenters. The summed E-state index contributed by atoms with van der Waals surface area (Å²) >= 11 is 12.5. The Morgan fingerprint density at radius 2 is 1.89 bits per heavy atom. The standard InChI is InChI=1S/C28H37Cl2N5O2/c1-16-17(2)32-27(33-25(16)31-18(3)23-8-7-21(29)10-24(23)30)35-14-20(15-35)19-6-5-9-34(13-19)22-11-28(4,12-22)26(36)37/h7-8,10,18-20,22H,5-6,9,11-15H2,1-4H3,(H,36,37)(H,31,32,33)/t18-,19?,22?,28?/m1/s1. The van der Waals surface area contributed by atoms with E-state index in [0.717, 1.165) is 67.6 Å². The summed E-state index contributed by atoms with van der Waals surface area (Å²) < 4.78 is 0. The van der Waals surface area contributed by atoms with Crippen molar-refractivity contribution in [2.45, 2.75) is 65.5 Å². The largest absolute Gasteiger partial charge is 0.481 e. The molecule has 9 heteroatoms. The van der Waals surface area contributed by atoms with Crippen LogP contribution in [0.1, 0.15) is 62.4 Å². The first kappa shape index (κ1) is 26.5. The molecule has 0 radical (unpaired) electrons. The van der Waals surface area contributed by atoms with Crippen LogP contribution in [0.2, 0.25) is 10.0 Å². The number of aliphatic carboxylic acids is 1. The maximum absolute atomic E-state index is 11.5. The Morgan fingerprint density at radius 1 is 1.16 bits per heavy atom. The Bertz CT molecular complexity index is 1180. The molecule has 0 bridgehead atoms. The number of aryl methyl sites for hydroxylation is 1. The number of benzene rings is 1. The van der Waals surface area contributed by atoms with Crippen molar-refractivity contribution in [1.29, 1.82) is 0 Å². The Kier molecular flexibility index (Phi) is 7.33. The Balaban J connectivity index is 1.20. The molecular formula is C28H37Cl2N5O2. The SMILES string of the molecule is Cc1nc(N2CC(C3CCCN(C4CC(C)(C(=O)O)C4)C3)C2)nc(N[C@H](C)c2ccc(Cl)cc2Cl)c1C. The van der Waals surface area contributed by atoms with Gasteiger partial charge in [0.25, 0.3) is 0 Å². The van der Waals surface area contributed by atoms with Crippen LogP contribution < -0.4 is 10.2 Å². The number of rotatable bonds is 7. The second kappa shape index (κ2) is 10.2. The number of aromatic nitrogens is 2. The zero-order chi connectivity index (χ0) is 26.5. The van der Waals surface area contributed by atoms with Gasteiger partial charge in [0.2, 0.25) is 5.95 Å². The summed E-state index contributed by atoms with van der Waals surface area (Å²) in [6.45, 7) is 12.1. The molecule has 1 aromatic heterocycles. The lowest BCUT2D eigenvalue weighted by Crippen LogP contribution is -2.58. The molecule has 2 saturated heterocycles. The number of carbonyl (C=O) groups is 1. The van der Waals surface area contributed by atoms with Gasteiger partial charge in [-0.15, -0.1) is 0 Å². The van der Waals surface area contributed by atoms with Gasteiger partial charge in [-0.1, -0.05) is 29.3 Å². The Labute approximate surface area is 229 Å². The van der Waals surface area contributed by atoms with Crippen LogP contribution in [0, 0.1) is 31.1 Å². The van der Waals surface area contributed by atoms with Crippen molar-refractivity contribution in [2.24, 2.45) is 17.3 Å². The number of carboxylic acid groups (broad SMARTS) is 1. The van der Waals surface area contributed by atoms with E-state index < -0.39 is 11.4 Å². The molecule has 0 spiro atoms. The van der Waals surface area contributed by atoms with Crippen LogP contribution in [-0.2, 0) is 4.79 Å². The fourth-order valence-electron chi connectivity index (χ4n) is 6.18. The summed E-state index contributed by atoms with van der Waals surface area (Å²) in [5.74, 6) is 2.24. The number of anilines is 2. The maximum atomic E-state index is 11.5. The van der Waals surface area contributed by atoms with Gasteiger partial charge in [0.05, 0.1) is 11.5 Å². The predicted molar refractivity (Wildman–Crippen MR) is 149 cm³/mol. The topological polar surface area (TPSA) is 81.6 Å². The second-order valence-electron chi connectivity index (χ2n) is 11.6. The third kappa shape index (κ3) is 5.27. The Morgan fingerprint density at radius 3 is 2.57 bits per heavy atom. The van der Waals surface area contributed by atoms with Gasteiger partial charge in [0.15, 0.2) is 0 Å². The van der Waals surface area contributed by atoms with E-state index in [9.17, 15) is 9.90 Å². The zero-order valence-electron chi connectivity index (χ0n) is 22.1. The van der Waals surface area contributed by atoms with Crippen molar-refractivity contribution < 1.29 is 9.90 Å². The maximum Gasteiger partial charge on any atom is 0.309 e. The highest BCUT2D eigenvalue weighted by Crippen LogP contribution is 2.45. The molecule has 2 aliphatic heterocycles. The van der Waals surface area contributed by atoms with Gasteiger partial charge in [0.1, 0.15) is 5.82 Å². The number of nitrogens with one attached hydrogen (secondary N) is 1. The summed E-state index contributed by atoms with van der Waals surface area (Å²) in [6, 6.07) is 5.96. The van der Waals surface area contributed by atoms with Crippen LogP contribution in [0.25, 0.3) is 0 Å². The average molecular weight is 547 g/mol. The lowest BCUT2D eigenvalue weighted by molar-refractivity contribution is -0.158. The van der Waals surface area contributed by atoms with Crippen molar-refractivity contribution in [3.05, 3.63) is 45.1 Å². The third-order valence-electron chi connectivity index (χ3n) is 8.91. The molecule has 2 atom stereocenters. The molecule has 3 fully saturated rings. The van der Waals surface area contributed by atoms with E-state index in [2.05, 4.69) is 22.0 Å². The average Bonchev–Trinajstić information content (AvgIpc) is 2.79. The van der Waals surface area contributed by atoms with E-state index in [4.69, 9.17) is 33.2 Å². The normalized spacial score (nSPS) is 27.4. The molecular weight excluding hydrogens is 509 g/mol. The van der Waals surface area contributed by atoms with Crippen LogP contribution in [0.4, 0.5) is 11.8 Å². The molecule has 0 amide bonds. The van der Waals surface area contributed by atoms with E-state index in [1.54, 1.807) is 6.07 Å². The first-order chi connectivity index (χ1) is 17.5. The quantitative estimate of drug-likeness (QED) is 0.443. The number of piperidine rings is 1. The fraction of sp³-hybridized carbons (Fsp3) is 0.607. The summed E-state index contributed by atoms with van der Waals surface area (Å²) in [4.78, 5) is 26.1. The highest BCUT2D eigenvalue weighted by molar-refractivity contribution is 6.35. The highest BCUT2D eigenvalue weighted by Gasteiger charge is 2.49. The van der Waals surface area contributed by atoms with Crippen molar-refractivity contribution >= 4 is 40.9 Å². The van der Waals surface area contributed by atoms with Gasteiger partial charge < -0.3 is 20.2 Å². The highest BCUT2D eigenvalue weighted by atomic mass is 35.5. The number of likely N-dealkylation sites (tertiary alicyclic amines) is 1. The second-order valence-corrected chi connectivity index (χ2v) is 12.4. The van der Waals surface area contributed by atoms with Gasteiger partial charge >= 0.3 is 5.97 Å². The van der Waals surface area contributed by atoms with Crippen LogP contribution in [0.3, 0.4) is 0 Å². The minimum Gasteiger partial charge on any atom is -0.481 e.